The maximum absolute atomic E-state index is 14.3. The molecule has 3 rings (SSSR count). The molecule has 160 valence electrons. The number of carbonyl (C=O) groups is 2. The zero-order chi connectivity index (χ0) is 22.9. The second-order valence-corrected chi connectivity index (χ2v) is 7.90. The average Bonchev–Trinajstić information content (AvgIpc) is 2.80. The fourth-order valence-corrected chi connectivity index (χ4v) is 3.55. The fourth-order valence-electron chi connectivity index (χ4n) is 2.71. The molecule has 0 bridgehead atoms. The summed E-state index contributed by atoms with van der Waals surface area (Å²) in [5.41, 5.74) is 0.588. The van der Waals surface area contributed by atoms with Crippen LogP contribution in [0.25, 0.3) is 6.08 Å². The van der Waals surface area contributed by atoms with Crippen molar-refractivity contribution in [1.82, 2.24) is 5.32 Å². The Morgan fingerprint density at radius 2 is 1.81 bits per heavy atom. The minimum absolute atomic E-state index is 0.0222. The molecular weight excluding hydrogens is 449 g/mol. The molecule has 3 aromatic carbocycles. The van der Waals surface area contributed by atoms with Crippen molar-refractivity contribution in [1.29, 1.82) is 5.26 Å². The summed E-state index contributed by atoms with van der Waals surface area (Å²) in [6.45, 7) is 0. The third-order valence-electron chi connectivity index (χ3n) is 4.21. The van der Waals surface area contributed by atoms with Gasteiger partial charge in [0.1, 0.15) is 11.5 Å². The minimum atomic E-state index is -0.656. The Labute approximate surface area is 193 Å². The van der Waals surface area contributed by atoms with Gasteiger partial charge in [0.2, 0.25) is 0 Å². The molecule has 0 fully saturated rings. The van der Waals surface area contributed by atoms with E-state index in [1.54, 1.807) is 48.5 Å². The van der Waals surface area contributed by atoms with Gasteiger partial charge in [0.25, 0.3) is 11.8 Å². The molecule has 2 N–H and O–H groups in total. The summed E-state index contributed by atoms with van der Waals surface area (Å²) in [4.78, 5) is 26.5. The Bertz CT molecular complexity index is 1190. The summed E-state index contributed by atoms with van der Waals surface area (Å²) in [6.07, 6.45) is 1.20. The van der Waals surface area contributed by atoms with Crippen LogP contribution in [0, 0.1) is 17.1 Å². The third-order valence-corrected chi connectivity index (χ3v) is 5.40. The number of anilines is 1. The van der Waals surface area contributed by atoms with E-state index in [1.165, 1.54) is 36.0 Å². The molecule has 0 radical (unpaired) electrons. The summed E-state index contributed by atoms with van der Waals surface area (Å²) >= 11 is 7.42. The molecule has 5 nitrogen and oxygen atoms in total. The first-order valence-electron chi connectivity index (χ1n) is 9.41. The van der Waals surface area contributed by atoms with Crippen LogP contribution in [0.3, 0.4) is 0 Å². The lowest BCUT2D eigenvalue weighted by Crippen LogP contribution is -2.30. The van der Waals surface area contributed by atoms with Gasteiger partial charge in [0, 0.05) is 21.7 Å². The molecule has 0 aliphatic heterocycles. The molecule has 0 unspecified atom stereocenters. The van der Waals surface area contributed by atoms with Gasteiger partial charge in [0.15, 0.2) is 0 Å². The number of hydrogen-bond donors (Lipinski definition) is 2. The Morgan fingerprint density at radius 1 is 1.06 bits per heavy atom. The third kappa shape index (κ3) is 6.20. The fraction of sp³-hybridized carbons (Fsp3) is 0.0417. The molecule has 0 saturated carbocycles. The highest BCUT2D eigenvalue weighted by Gasteiger charge is 2.17. The molecule has 0 aliphatic rings. The second kappa shape index (κ2) is 11.1. The molecular formula is C24H17ClFN3O2S. The topological polar surface area (TPSA) is 82.0 Å². The summed E-state index contributed by atoms with van der Waals surface area (Å²) < 4.78 is 14.3. The predicted octanol–water partition coefficient (Wildman–Crippen LogP) is 5.50. The Kier molecular flexibility index (Phi) is 8.03. The molecule has 0 spiro atoms. The standard InChI is InChI=1S/C24H17ClFN3O2S/c25-20-10-5-11-21(26)19(20)15-22(29-23(30)16-6-2-1-3-7-16)24(31)28-17-8-4-9-18(14-17)32-13-12-27/h1-11,14-15H,13H2,(H,28,31)(H,29,30)/b22-15-. The molecule has 0 saturated heterocycles. The van der Waals surface area contributed by atoms with E-state index in [-0.39, 0.29) is 22.0 Å². The minimum Gasteiger partial charge on any atom is -0.321 e. The number of halogens is 2. The van der Waals surface area contributed by atoms with Crippen LogP contribution in [0.4, 0.5) is 10.1 Å². The molecule has 0 atom stereocenters. The van der Waals surface area contributed by atoms with Gasteiger partial charge in [-0.2, -0.15) is 5.26 Å². The first kappa shape index (κ1) is 23.1. The van der Waals surface area contributed by atoms with Crippen molar-refractivity contribution in [2.45, 2.75) is 4.90 Å². The van der Waals surface area contributed by atoms with Gasteiger partial charge in [-0.15, -0.1) is 11.8 Å². The second-order valence-electron chi connectivity index (χ2n) is 6.44. The molecule has 0 heterocycles. The van der Waals surface area contributed by atoms with Crippen molar-refractivity contribution in [3.05, 3.63) is 100 Å². The van der Waals surface area contributed by atoms with E-state index in [2.05, 4.69) is 10.6 Å². The number of thioether (sulfide) groups is 1. The van der Waals surface area contributed by atoms with Crippen LogP contribution < -0.4 is 10.6 Å². The molecule has 0 aromatic heterocycles. The van der Waals surface area contributed by atoms with Crippen molar-refractivity contribution >= 4 is 46.9 Å². The lowest BCUT2D eigenvalue weighted by Gasteiger charge is -2.12. The maximum Gasteiger partial charge on any atom is 0.272 e. The molecule has 32 heavy (non-hydrogen) atoms. The van der Waals surface area contributed by atoms with E-state index < -0.39 is 17.6 Å². The largest absolute Gasteiger partial charge is 0.321 e. The average molecular weight is 466 g/mol. The number of hydrogen-bond acceptors (Lipinski definition) is 4. The number of carbonyl (C=O) groups excluding carboxylic acids is 2. The molecule has 3 aromatic rings. The Balaban J connectivity index is 1.91. The van der Waals surface area contributed by atoms with Crippen LogP contribution in [0.15, 0.2) is 83.4 Å². The maximum atomic E-state index is 14.3. The summed E-state index contributed by atoms with van der Waals surface area (Å²) in [6, 6.07) is 21.4. The van der Waals surface area contributed by atoms with Gasteiger partial charge < -0.3 is 10.6 Å². The number of rotatable bonds is 7. The van der Waals surface area contributed by atoms with Gasteiger partial charge in [-0.1, -0.05) is 41.9 Å². The number of nitrogens with zero attached hydrogens (tertiary/aromatic N) is 1. The number of benzene rings is 3. The van der Waals surface area contributed by atoms with Crippen molar-refractivity contribution in [2.75, 3.05) is 11.1 Å². The number of amides is 2. The highest BCUT2D eigenvalue weighted by atomic mass is 35.5. The lowest BCUT2D eigenvalue weighted by atomic mass is 10.1. The van der Waals surface area contributed by atoms with E-state index in [0.29, 0.717) is 11.3 Å². The Hall–Kier alpha value is -3.60. The van der Waals surface area contributed by atoms with E-state index in [4.69, 9.17) is 16.9 Å². The van der Waals surface area contributed by atoms with Crippen LogP contribution in [0.2, 0.25) is 5.02 Å². The number of nitrogens with one attached hydrogen (secondary N) is 2. The van der Waals surface area contributed by atoms with E-state index in [0.717, 1.165) is 4.90 Å². The highest BCUT2D eigenvalue weighted by Crippen LogP contribution is 2.24. The van der Waals surface area contributed by atoms with Crippen molar-refractivity contribution in [3.63, 3.8) is 0 Å². The molecule has 8 heteroatoms. The molecule has 0 aliphatic carbocycles. The van der Waals surface area contributed by atoms with Crippen LogP contribution in [-0.2, 0) is 4.79 Å². The quantitative estimate of drug-likeness (QED) is 0.356. The van der Waals surface area contributed by atoms with Crippen LogP contribution in [0.1, 0.15) is 15.9 Å². The van der Waals surface area contributed by atoms with E-state index in [1.807, 2.05) is 12.1 Å². The smallest absolute Gasteiger partial charge is 0.272 e. The van der Waals surface area contributed by atoms with Gasteiger partial charge in [-0.05, 0) is 48.5 Å². The van der Waals surface area contributed by atoms with Gasteiger partial charge >= 0.3 is 0 Å². The first-order chi connectivity index (χ1) is 15.5. The zero-order valence-corrected chi connectivity index (χ0v) is 18.2. The lowest BCUT2D eigenvalue weighted by molar-refractivity contribution is -0.113. The summed E-state index contributed by atoms with van der Waals surface area (Å²) in [5, 5.41) is 14.1. The van der Waals surface area contributed by atoms with Crippen molar-refractivity contribution < 1.29 is 14.0 Å². The predicted molar refractivity (Wildman–Crippen MR) is 125 cm³/mol. The first-order valence-corrected chi connectivity index (χ1v) is 10.8. The number of nitriles is 1. The SMILES string of the molecule is N#CCSc1cccc(NC(=O)/C(=C/c2c(F)cccc2Cl)NC(=O)c2ccccc2)c1. The Morgan fingerprint density at radius 3 is 2.53 bits per heavy atom. The molecule has 2 amide bonds. The van der Waals surface area contributed by atoms with Crippen LogP contribution in [-0.4, -0.2) is 17.6 Å². The van der Waals surface area contributed by atoms with Crippen LogP contribution >= 0.6 is 23.4 Å². The van der Waals surface area contributed by atoms with Crippen molar-refractivity contribution in [2.24, 2.45) is 0 Å². The van der Waals surface area contributed by atoms with E-state index >= 15 is 0 Å². The van der Waals surface area contributed by atoms with Gasteiger partial charge in [-0.3, -0.25) is 9.59 Å². The highest BCUT2D eigenvalue weighted by molar-refractivity contribution is 7.99. The van der Waals surface area contributed by atoms with Crippen LogP contribution in [0.5, 0.6) is 0 Å². The summed E-state index contributed by atoms with van der Waals surface area (Å²) in [7, 11) is 0. The zero-order valence-electron chi connectivity index (χ0n) is 16.6. The normalized spacial score (nSPS) is 10.8. The van der Waals surface area contributed by atoms with E-state index in [9.17, 15) is 14.0 Å². The van der Waals surface area contributed by atoms with Gasteiger partial charge in [0.05, 0.1) is 16.8 Å². The monoisotopic (exact) mass is 465 g/mol. The van der Waals surface area contributed by atoms with Gasteiger partial charge in [-0.25, -0.2) is 4.39 Å². The van der Waals surface area contributed by atoms with Crippen molar-refractivity contribution in [3.8, 4) is 6.07 Å². The summed E-state index contributed by atoms with van der Waals surface area (Å²) in [5.74, 6) is -1.55.